The first kappa shape index (κ1) is 10.8. The summed E-state index contributed by atoms with van der Waals surface area (Å²) in [6.45, 7) is 5.68. The Morgan fingerprint density at radius 2 is 1.18 bits per heavy atom. The van der Waals surface area contributed by atoms with Gasteiger partial charge in [0.15, 0.2) is 0 Å². The summed E-state index contributed by atoms with van der Waals surface area (Å²) in [7, 11) is 0. The highest BCUT2D eigenvalue weighted by Gasteiger charge is 2.46. The molecular weight excluding hydrogens is 208 g/mol. The SMILES string of the molecule is C1CCN2C[C@H]3C[C@H](CN4CCCC[C@H]34)[C@H]2C1. The lowest BCUT2D eigenvalue weighted by Gasteiger charge is -2.57. The maximum Gasteiger partial charge on any atom is 0.0136 e. The Bertz CT molecular complexity index is 263. The van der Waals surface area contributed by atoms with Gasteiger partial charge in [0.1, 0.15) is 0 Å². The van der Waals surface area contributed by atoms with Gasteiger partial charge in [0.25, 0.3) is 0 Å². The van der Waals surface area contributed by atoms with Crippen LogP contribution in [0.5, 0.6) is 0 Å². The van der Waals surface area contributed by atoms with Crippen molar-refractivity contribution in [1.29, 1.82) is 0 Å². The molecule has 4 heterocycles. The van der Waals surface area contributed by atoms with E-state index in [4.69, 9.17) is 0 Å². The van der Waals surface area contributed by atoms with Crippen molar-refractivity contribution in [1.82, 2.24) is 9.80 Å². The molecule has 17 heavy (non-hydrogen) atoms. The monoisotopic (exact) mass is 234 g/mol. The van der Waals surface area contributed by atoms with Crippen molar-refractivity contribution < 1.29 is 0 Å². The van der Waals surface area contributed by atoms with Gasteiger partial charge in [-0.15, -0.1) is 0 Å². The van der Waals surface area contributed by atoms with Gasteiger partial charge in [0, 0.05) is 25.2 Å². The molecule has 0 aliphatic carbocycles. The van der Waals surface area contributed by atoms with Crippen molar-refractivity contribution in [2.75, 3.05) is 26.2 Å². The molecule has 0 spiro atoms. The minimum absolute atomic E-state index is 0.961. The second-order valence-electron chi connectivity index (χ2n) is 6.87. The van der Waals surface area contributed by atoms with E-state index < -0.39 is 0 Å². The summed E-state index contributed by atoms with van der Waals surface area (Å²) in [5.41, 5.74) is 0. The Balaban J connectivity index is 1.56. The summed E-state index contributed by atoms with van der Waals surface area (Å²) in [4.78, 5) is 5.74. The highest BCUT2D eigenvalue weighted by Crippen LogP contribution is 2.42. The molecule has 0 radical (unpaired) electrons. The van der Waals surface area contributed by atoms with Crippen LogP contribution in [0.15, 0.2) is 0 Å². The molecule has 4 atom stereocenters. The van der Waals surface area contributed by atoms with Gasteiger partial charge < -0.3 is 0 Å². The zero-order valence-electron chi connectivity index (χ0n) is 11.0. The molecule has 0 aromatic carbocycles. The van der Waals surface area contributed by atoms with Crippen LogP contribution in [0, 0.1) is 11.8 Å². The molecule has 2 nitrogen and oxygen atoms in total. The average molecular weight is 234 g/mol. The molecule has 4 fully saturated rings. The molecule has 2 bridgehead atoms. The topological polar surface area (TPSA) is 6.48 Å². The largest absolute Gasteiger partial charge is 0.300 e. The van der Waals surface area contributed by atoms with E-state index in [1.165, 1.54) is 64.7 Å². The summed E-state index contributed by atoms with van der Waals surface area (Å²) < 4.78 is 0. The van der Waals surface area contributed by atoms with E-state index in [-0.39, 0.29) is 0 Å². The molecule has 4 saturated heterocycles. The first-order chi connectivity index (χ1) is 8.42. The molecule has 4 rings (SSSR count). The Morgan fingerprint density at radius 3 is 1.71 bits per heavy atom. The van der Waals surface area contributed by atoms with Crippen molar-refractivity contribution >= 4 is 0 Å². The molecule has 0 aromatic rings. The van der Waals surface area contributed by atoms with Crippen LogP contribution in [0.1, 0.15) is 44.9 Å². The van der Waals surface area contributed by atoms with Crippen molar-refractivity contribution in [2.45, 2.75) is 57.0 Å². The summed E-state index contributed by atoms with van der Waals surface area (Å²) in [6.07, 6.45) is 10.5. The van der Waals surface area contributed by atoms with Crippen molar-refractivity contribution in [3.8, 4) is 0 Å². The highest BCUT2D eigenvalue weighted by molar-refractivity contribution is 5.00. The van der Waals surface area contributed by atoms with Crippen molar-refractivity contribution in [2.24, 2.45) is 11.8 Å². The van der Waals surface area contributed by atoms with Gasteiger partial charge in [-0.05, 0) is 57.0 Å². The van der Waals surface area contributed by atoms with Gasteiger partial charge in [0.05, 0.1) is 0 Å². The number of rotatable bonds is 0. The quantitative estimate of drug-likeness (QED) is 0.635. The molecule has 96 valence electrons. The lowest BCUT2D eigenvalue weighted by Crippen LogP contribution is -2.63. The number of fused-ring (bicyclic) bond motifs is 6. The van der Waals surface area contributed by atoms with Gasteiger partial charge in [-0.1, -0.05) is 12.8 Å². The first-order valence-corrected chi connectivity index (χ1v) is 7.90. The molecular formula is C15H26N2. The average Bonchev–Trinajstić information content (AvgIpc) is 2.39. The molecule has 4 aliphatic rings. The Kier molecular flexibility index (Phi) is 2.69. The Hall–Kier alpha value is -0.0800. The second-order valence-corrected chi connectivity index (χ2v) is 6.87. The molecule has 0 aromatic heterocycles. The number of hydrogen-bond donors (Lipinski definition) is 0. The molecule has 4 aliphatic heterocycles. The maximum atomic E-state index is 2.87. The molecule has 2 heteroatoms. The van der Waals surface area contributed by atoms with E-state index >= 15 is 0 Å². The predicted molar refractivity (Wildman–Crippen MR) is 70.0 cm³/mol. The smallest absolute Gasteiger partial charge is 0.0136 e. The molecule has 0 N–H and O–H groups in total. The summed E-state index contributed by atoms with van der Waals surface area (Å²) in [5.74, 6) is 2.03. The van der Waals surface area contributed by atoms with Gasteiger partial charge in [-0.25, -0.2) is 0 Å². The maximum absolute atomic E-state index is 2.87. The van der Waals surface area contributed by atoms with Gasteiger partial charge in [0.2, 0.25) is 0 Å². The lowest BCUT2D eigenvalue weighted by atomic mass is 9.71. The zero-order chi connectivity index (χ0) is 11.2. The molecule has 0 amide bonds. The minimum Gasteiger partial charge on any atom is -0.300 e. The van der Waals surface area contributed by atoms with Crippen LogP contribution in [0.4, 0.5) is 0 Å². The third-order valence-electron chi connectivity index (χ3n) is 5.96. The van der Waals surface area contributed by atoms with E-state index in [1.54, 1.807) is 6.42 Å². The van der Waals surface area contributed by atoms with E-state index in [2.05, 4.69) is 9.80 Å². The minimum atomic E-state index is 0.961. The Morgan fingerprint density at radius 1 is 0.647 bits per heavy atom. The predicted octanol–water partition coefficient (Wildman–Crippen LogP) is 2.35. The summed E-state index contributed by atoms with van der Waals surface area (Å²) >= 11 is 0. The molecule has 0 unspecified atom stereocenters. The normalized spacial score (nSPS) is 47.3. The van der Waals surface area contributed by atoms with Crippen LogP contribution < -0.4 is 0 Å². The third-order valence-corrected chi connectivity index (χ3v) is 5.96. The fraction of sp³-hybridized carbons (Fsp3) is 1.00. The van der Waals surface area contributed by atoms with Crippen LogP contribution >= 0.6 is 0 Å². The van der Waals surface area contributed by atoms with Crippen LogP contribution in [0.25, 0.3) is 0 Å². The van der Waals surface area contributed by atoms with E-state index in [9.17, 15) is 0 Å². The fourth-order valence-corrected chi connectivity index (χ4v) is 5.25. The van der Waals surface area contributed by atoms with E-state index in [1.807, 2.05) is 0 Å². The van der Waals surface area contributed by atoms with E-state index in [0.717, 1.165) is 23.9 Å². The zero-order valence-corrected chi connectivity index (χ0v) is 11.0. The van der Waals surface area contributed by atoms with Crippen LogP contribution in [-0.2, 0) is 0 Å². The van der Waals surface area contributed by atoms with Crippen LogP contribution in [0.3, 0.4) is 0 Å². The number of nitrogens with zero attached hydrogens (tertiary/aromatic N) is 2. The highest BCUT2D eigenvalue weighted by atomic mass is 15.3. The molecule has 0 saturated carbocycles. The summed E-state index contributed by atoms with van der Waals surface area (Å²) in [6, 6.07) is 1.92. The van der Waals surface area contributed by atoms with Crippen molar-refractivity contribution in [3.05, 3.63) is 0 Å². The van der Waals surface area contributed by atoms with Gasteiger partial charge >= 0.3 is 0 Å². The third kappa shape index (κ3) is 1.76. The summed E-state index contributed by atoms with van der Waals surface area (Å²) in [5, 5.41) is 0. The first-order valence-electron chi connectivity index (χ1n) is 7.90. The standard InChI is InChI=1S/C15H26N2/c1-3-7-16-11-13-9-12(14(16)5-1)10-17-8-4-2-6-15(13)17/h12-15H,1-11H2/t12-,13-,14-,15-/m1/s1. The van der Waals surface area contributed by atoms with Gasteiger partial charge in [-0.2, -0.15) is 0 Å². The van der Waals surface area contributed by atoms with Crippen molar-refractivity contribution in [3.63, 3.8) is 0 Å². The van der Waals surface area contributed by atoms with Gasteiger partial charge in [-0.3, -0.25) is 9.80 Å². The number of piperidine rings is 4. The second kappa shape index (κ2) is 4.24. The fourth-order valence-electron chi connectivity index (χ4n) is 5.25. The van der Waals surface area contributed by atoms with Crippen LogP contribution in [-0.4, -0.2) is 48.1 Å². The van der Waals surface area contributed by atoms with Crippen LogP contribution in [0.2, 0.25) is 0 Å². The van der Waals surface area contributed by atoms with E-state index in [0.29, 0.717) is 0 Å². The lowest BCUT2D eigenvalue weighted by molar-refractivity contribution is -0.0718. The number of hydrogen-bond acceptors (Lipinski definition) is 2. The Labute approximate surface area is 105 Å².